The number of aromatic nitrogens is 3. The van der Waals surface area contributed by atoms with E-state index >= 15 is 0 Å². The quantitative estimate of drug-likeness (QED) is 0.324. The van der Waals surface area contributed by atoms with Crippen LogP contribution in [0.25, 0.3) is 11.0 Å². The Morgan fingerprint density at radius 2 is 1.62 bits per heavy atom. The number of hydrogen-bond donors (Lipinski definition) is 1. The highest BCUT2D eigenvalue weighted by Gasteiger charge is 2.36. The van der Waals surface area contributed by atoms with Crippen LogP contribution in [-0.4, -0.2) is 47.1 Å². The van der Waals surface area contributed by atoms with Gasteiger partial charge < -0.3 is 14.8 Å². The third kappa shape index (κ3) is 5.50. The fourth-order valence-electron chi connectivity index (χ4n) is 5.58. The number of nitrogens with one attached hydrogen (secondary N) is 1. The van der Waals surface area contributed by atoms with Gasteiger partial charge in [-0.1, -0.05) is 48.4 Å². The van der Waals surface area contributed by atoms with E-state index in [0.717, 1.165) is 42.3 Å². The van der Waals surface area contributed by atoms with Gasteiger partial charge in [-0.05, 0) is 67.6 Å². The summed E-state index contributed by atoms with van der Waals surface area (Å²) in [6.45, 7) is 3.81. The molecule has 1 aliphatic carbocycles. The molecule has 40 heavy (non-hydrogen) atoms. The molecule has 4 aromatic rings. The predicted octanol–water partition coefficient (Wildman–Crippen LogP) is 4.90. The van der Waals surface area contributed by atoms with Crippen LogP contribution in [0.5, 0.6) is 11.5 Å². The molecule has 9 heteroatoms. The molecule has 5 rings (SSSR count). The number of aryl methyl sites for hydroxylation is 2. The molecule has 1 heterocycles. The maximum Gasteiger partial charge on any atom is 0.249 e. The van der Waals surface area contributed by atoms with E-state index in [1.54, 1.807) is 42.0 Å². The summed E-state index contributed by atoms with van der Waals surface area (Å²) in [4.78, 5) is 30.3. The zero-order valence-electron chi connectivity index (χ0n) is 23.4. The minimum absolute atomic E-state index is 0.0664. The lowest BCUT2D eigenvalue weighted by molar-refractivity contribution is -0.127. The van der Waals surface area contributed by atoms with Crippen molar-refractivity contribution in [2.45, 2.75) is 58.2 Å². The molecule has 2 amide bonds. The van der Waals surface area contributed by atoms with Crippen LogP contribution in [0.2, 0.25) is 0 Å². The molecule has 1 aliphatic rings. The van der Waals surface area contributed by atoms with Gasteiger partial charge in [-0.15, -0.1) is 5.10 Å². The summed E-state index contributed by atoms with van der Waals surface area (Å²) in [7, 11) is 3.13. The van der Waals surface area contributed by atoms with Crippen LogP contribution in [0.3, 0.4) is 0 Å². The lowest BCUT2D eigenvalue weighted by atomic mass is 9.98. The number of benzene rings is 3. The first-order valence-electron chi connectivity index (χ1n) is 13.6. The first kappa shape index (κ1) is 27.2. The standard InChI is InChI=1S/C31H35N5O4/c1-20-10-9-11-21(2)29(20)36(28(37)19-35-27-15-8-7-14-26(27)33-34-35)30(31(38)32-23-12-5-6-13-23)22-16-24(39-3)18-25(17-22)40-4/h7-11,14-18,23,30H,5-6,12-13,19H2,1-4H3,(H,32,38)/t30-/m0/s1. The van der Waals surface area contributed by atoms with Crippen molar-refractivity contribution in [2.24, 2.45) is 0 Å². The lowest BCUT2D eigenvalue weighted by Crippen LogP contribution is -2.47. The molecule has 0 radical (unpaired) electrons. The van der Waals surface area contributed by atoms with Crippen molar-refractivity contribution >= 4 is 28.5 Å². The molecule has 1 saturated carbocycles. The summed E-state index contributed by atoms with van der Waals surface area (Å²) in [6, 6.07) is 17.8. The largest absolute Gasteiger partial charge is 0.497 e. The normalized spacial score (nSPS) is 14.2. The topological polar surface area (TPSA) is 98.6 Å². The van der Waals surface area contributed by atoms with Gasteiger partial charge in [0.2, 0.25) is 11.8 Å². The summed E-state index contributed by atoms with van der Waals surface area (Å²) < 4.78 is 12.7. The molecule has 0 spiro atoms. The van der Waals surface area contributed by atoms with Gasteiger partial charge in [0.25, 0.3) is 0 Å². The zero-order chi connectivity index (χ0) is 28.2. The molecule has 208 valence electrons. The van der Waals surface area contributed by atoms with Gasteiger partial charge in [-0.2, -0.15) is 0 Å². The van der Waals surface area contributed by atoms with E-state index in [9.17, 15) is 9.59 Å². The van der Waals surface area contributed by atoms with Crippen LogP contribution >= 0.6 is 0 Å². The number of para-hydroxylation sites is 2. The van der Waals surface area contributed by atoms with E-state index in [1.807, 2.05) is 56.3 Å². The van der Waals surface area contributed by atoms with Crippen LogP contribution in [0, 0.1) is 13.8 Å². The summed E-state index contributed by atoms with van der Waals surface area (Å²) in [5.74, 6) is 0.524. The first-order valence-corrected chi connectivity index (χ1v) is 13.6. The van der Waals surface area contributed by atoms with Crippen LogP contribution in [-0.2, 0) is 16.1 Å². The van der Waals surface area contributed by atoms with Gasteiger partial charge in [-0.3, -0.25) is 14.5 Å². The fraction of sp³-hybridized carbons (Fsp3) is 0.355. The zero-order valence-corrected chi connectivity index (χ0v) is 23.4. The molecule has 1 N–H and O–H groups in total. The van der Waals surface area contributed by atoms with E-state index in [0.29, 0.717) is 28.3 Å². The summed E-state index contributed by atoms with van der Waals surface area (Å²) in [6.07, 6.45) is 3.98. The van der Waals surface area contributed by atoms with E-state index in [-0.39, 0.29) is 24.4 Å². The maximum absolute atomic E-state index is 14.4. The number of hydrogen-bond acceptors (Lipinski definition) is 6. The molecule has 9 nitrogen and oxygen atoms in total. The number of amides is 2. The average Bonchev–Trinajstić information content (AvgIpc) is 3.62. The van der Waals surface area contributed by atoms with Gasteiger partial charge in [0.1, 0.15) is 29.6 Å². The van der Waals surface area contributed by atoms with Crippen molar-refractivity contribution in [3.05, 3.63) is 77.4 Å². The Hall–Kier alpha value is -4.40. The van der Waals surface area contributed by atoms with Crippen LogP contribution in [0.1, 0.15) is 48.4 Å². The second-order valence-electron chi connectivity index (χ2n) is 10.3. The van der Waals surface area contributed by atoms with Crippen molar-refractivity contribution < 1.29 is 19.1 Å². The van der Waals surface area contributed by atoms with Crippen LogP contribution < -0.4 is 19.7 Å². The smallest absolute Gasteiger partial charge is 0.249 e. The number of fused-ring (bicyclic) bond motifs is 1. The highest BCUT2D eigenvalue weighted by molar-refractivity contribution is 6.02. The fourth-order valence-corrected chi connectivity index (χ4v) is 5.58. The van der Waals surface area contributed by atoms with Gasteiger partial charge in [0.15, 0.2) is 0 Å². The molecule has 1 aromatic heterocycles. The van der Waals surface area contributed by atoms with Crippen molar-refractivity contribution in [1.82, 2.24) is 20.3 Å². The van der Waals surface area contributed by atoms with Crippen LogP contribution in [0.4, 0.5) is 5.69 Å². The average molecular weight is 542 g/mol. The molecular formula is C31H35N5O4. The molecule has 1 atom stereocenters. The highest BCUT2D eigenvalue weighted by Crippen LogP contribution is 2.37. The second-order valence-corrected chi connectivity index (χ2v) is 10.3. The Balaban J connectivity index is 1.66. The monoisotopic (exact) mass is 541 g/mol. The minimum atomic E-state index is -0.980. The SMILES string of the molecule is COc1cc(OC)cc([C@@H](C(=O)NC2CCCC2)N(C(=O)Cn2nnc3ccccc32)c2c(C)cccc2C)c1. The van der Waals surface area contributed by atoms with Gasteiger partial charge in [0, 0.05) is 12.1 Å². The highest BCUT2D eigenvalue weighted by atomic mass is 16.5. The van der Waals surface area contributed by atoms with E-state index in [4.69, 9.17) is 9.47 Å². The molecule has 0 unspecified atom stereocenters. The Labute approximate surface area is 234 Å². The Kier molecular flexibility index (Phi) is 8.00. The van der Waals surface area contributed by atoms with Crippen LogP contribution in [0.15, 0.2) is 60.7 Å². The lowest BCUT2D eigenvalue weighted by Gasteiger charge is -2.34. The first-order chi connectivity index (χ1) is 19.4. The van der Waals surface area contributed by atoms with Crippen molar-refractivity contribution in [1.29, 1.82) is 0 Å². The molecule has 0 bridgehead atoms. The van der Waals surface area contributed by atoms with E-state index in [1.165, 1.54) is 0 Å². The molecule has 0 saturated heterocycles. The molecule has 1 fully saturated rings. The van der Waals surface area contributed by atoms with E-state index < -0.39 is 6.04 Å². The van der Waals surface area contributed by atoms with Gasteiger partial charge in [-0.25, -0.2) is 4.68 Å². The number of rotatable bonds is 9. The van der Waals surface area contributed by atoms with Gasteiger partial charge in [0.05, 0.1) is 25.4 Å². The molecule has 3 aromatic carbocycles. The summed E-state index contributed by atoms with van der Waals surface area (Å²) in [5, 5.41) is 11.7. The summed E-state index contributed by atoms with van der Waals surface area (Å²) in [5.41, 5.74) is 4.47. The van der Waals surface area contributed by atoms with Crippen molar-refractivity contribution in [2.75, 3.05) is 19.1 Å². The number of nitrogens with zero attached hydrogens (tertiary/aromatic N) is 4. The maximum atomic E-state index is 14.4. The third-order valence-electron chi connectivity index (χ3n) is 7.55. The third-order valence-corrected chi connectivity index (χ3v) is 7.55. The Bertz CT molecular complexity index is 1480. The number of methoxy groups -OCH3 is 2. The Morgan fingerprint density at radius 1 is 0.975 bits per heavy atom. The predicted molar refractivity (Wildman–Crippen MR) is 154 cm³/mol. The number of anilines is 1. The number of ether oxygens (including phenoxy) is 2. The van der Waals surface area contributed by atoms with Crippen molar-refractivity contribution in [3.8, 4) is 11.5 Å². The van der Waals surface area contributed by atoms with E-state index in [2.05, 4.69) is 15.6 Å². The molecular weight excluding hydrogens is 506 g/mol. The molecule has 0 aliphatic heterocycles. The van der Waals surface area contributed by atoms with Crippen molar-refractivity contribution in [3.63, 3.8) is 0 Å². The second kappa shape index (κ2) is 11.8. The number of carbonyl (C=O) groups is 2. The van der Waals surface area contributed by atoms with Gasteiger partial charge >= 0.3 is 0 Å². The summed E-state index contributed by atoms with van der Waals surface area (Å²) >= 11 is 0. The number of carbonyl (C=O) groups excluding carboxylic acids is 2. The minimum Gasteiger partial charge on any atom is -0.497 e. The Morgan fingerprint density at radius 3 is 2.27 bits per heavy atom.